The van der Waals surface area contributed by atoms with E-state index >= 15 is 0 Å². The molecule has 8 nitrogen and oxygen atoms in total. The molecule has 0 unspecified atom stereocenters. The predicted octanol–water partition coefficient (Wildman–Crippen LogP) is 3.74. The highest BCUT2D eigenvalue weighted by molar-refractivity contribution is 5.67. The molecule has 0 aliphatic rings. The topological polar surface area (TPSA) is 106 Å². The average Bonchev–Trinajstić information content (AvgIpc) is 3.48. The zero-order chi connectivity index (χ0) is 25.6. The van der Waals surface area contributed by atoms with Gasteiger partial charge in [-0.1, -0.05) is 48.5 Å². The van der Waals surface area contributed by atoms with Gasteiger partial charge < -0.3 is 19.1 Å². The molecule has 2 heterocycles. The van der Waals surface area contributed by atoms with Gasteiger partial charge in [0.2, 0.25) is 5.89 Å². The molecule has 0 spiro atoms. The summed E-state index contributed by atoms with van der Waals surface area (Å²) >= 11 is 0. The number of carbonyl (C=O) groups excluding carboxylic acids is 1. The van der Waals surface area contributed by atoms with Crippen molar-refractivity contribution in [1.29, 1.82) is 0 Å². The fourth-order valence-electron chi connectivity index (χ4n) is 4.02. The number of hydrogen-bond donors (Lipinski definition) is 0. The number of benzene rings is 3. The van der Waals surface area contributed by atoms with Crippen molar-refractivity contribution in [2.75, 3.05) is 6.61 Å². The van der Waals surface area contributed by atoms with Crippen molar-refractivity contribution in [3.63, 3.8) is 0 Å². The van der Waals surface area contributed by atoms with E-state index < -0.39 is 5.97 Å². The van der Waals surface area contributed by atoms with Gasteiger partial charge in [-0.25, -0.2) is 4.98 Å². The van der Waals surface area contributed by atoms with Gasteiger partial charge >= 0.3 is 0 Å². The summed E-state index contributed by atoms with van der Waals surface area (Å²) in [5.74, 6) is 0.889. The second-order valence-electron chi connectivity index (χ2n) is 8.58. The number of nitrogens with zero attached hydrogens (tertiary/aromatic N) is 4. The van der Waals surface area contributed by atoms with E-state index in [4.69, 9.17) is 9.15 Å². The van der Waals surface area contributed by atoms with E-state index in [1.54, 1.807) is 0 Å². The maximum absolute atomic E-state index is 11.3. The van der Waals surface area contributed by atoms with Crippen LogP contribution in [0.15, 0.2) is 89.3 Å². The van der Waals surface area contributed by atoms with Crippen LogP contribution in [-0.4, -0.2) is 32.6 Å². The Morgan fingerprint density at radius 3 is 2.41 bits per heavy atom. The summed E-state index contributed by atoms with van der Waals surface area (Å²) < 4.78 is 11.8. The molecule has 5 aromatic rings. The summed E-state index contributed by atoms with van der Waals surface area (Å²) in [6, 6.07) is 26.8. The van der Waals surface area contributed by atoms with Gasteiger partial charge in [0, 0.05) is 30.8 Å². The van der Waals surface area contributed by atoms with Crippen LogP contribution in [0.3, 0.4) is 0 Å². The summed E-state index contributed by atoms with van der Waals surface area (Å²) in [6.45, 7) is 2.34. The van der Waals surface area contributed by atoms with Crippen LogP contribution in [-0.2, 0) is 24.1 Å². The van der Waals surface area contributed by atoms with Crippen molar-refractivity contribution < 1.29 is 19.1 Å². The first-order valence-electron chi connectivity index (χ1n) is 12.0. The Labute approximate surface area is 214 Å². The zero-order valence-corrected chi connectivity index (χ0v) is 20.3. The highest BCUT2D eigenvalue weighted by Gasteiger charge is 2.14. The second-order valence-corrected chi connectivity index (χ2v) is 8.58. The molecule has 0 saturated carbocycles. The minimum Gasteiger partial charge on any atom is -0.550 e. The molecule has 0 atom stereocenters. The molecule has 2 aromatic heterocycles. The van der Waals surface area contributed by atoms with Crippen molar-refractivity contribution in [2.45, 2.75) is 26.2 Å². The van der Waals surface area contributed by atoms with Crippen molar-refractivity contribution in [3.05, 3.63) is 113 Å². The molecule has 0 aliphatic heterocycles. The van der Waals surface area contributed by atoms with Gasteiger partial charge in [-0.15, -0.1) is 0 Å². The van der Waals surface area contributed by atoms with Crippen LogP contribution in [0.2, 0.25) is 0 Å². The van der Waals surface area contributed by atoms with Gasteiger partial charge in [-0.05, 0) is 48.9 Å². The summed E-state index contributed by atoms with van der Waals surface area (Å²) in [5.41, 5.74) is 4.44. The number of carboxylic acids is 1. The van der Waals surface area contributed by atoms with E-state index in [-0.39, 0.29) is 6.42 Å². The number of aliphatic carboxylic acids is 1. The molecule has 0 bridgehead atoms. The molecule has 0 aliphatic carbocycles. The molecule has 8 heteroatoms. The van der Waals surface area contributed by atoms with Crippen molar-refractivity contribution >= 4 is 5.97 Å². The second kappa shape index (κ2) is 10.9. The van der Waals surface area contributed by atoms with Gasteiger partial charge in [0.25, 0.3) is 0 Å². The van der Waals surface area contributed by atoms with Crippen LogP contribution in [0.5, 0.6) is 5.75 Å². The fourth-order valence-corrected chi connectivity index (χ4v) is 4.02. The van der Waals surface area contributed by atoms with E-state index in [9.17, 15) is 9.90 Å². The minimum atomic E-state index is -1.20. The lowest BCUT2D eigenvalue weighted by Crippen LogP contribution is -2.25. The number of carboxylic acid groups (broad SMARTS) is 1. The molecular weight excluding hydrogens is 468 g/mol. The van der Waals surface area contributed by atoms with Crippen LogP contribution in [0.25, 0.3) is 17.1 Å². The monoisotopic (exact) mass is 493 g/mol. The first-order valence-corrected chi connectivity index (χ1v) is 12.0. The van der Waals surface area contributed by atoms with Crippen LogP contribution in [0, 0.1) is 6.92 Å². The third kappa shape index (κ3) is 5.92. The van der Waals surface area contributed by atoms with E-state index in [1.165, 1.54) is 4.80 Å². The first kappa shape index (κ1) is 24.0. The SMILES string of the molecule is Cc1oc(-c2ccccc2)nc1CCOc1cccc(Cc2nn(-c3ccccc3)nc2CC(=O)[O-])c1. The fraction of sp³-hybridized carbons (Fsp3) is 0.172. The van der Waals surface area contributed by atoms with Crippen LogP contribution < -0.4 is 9.84 Å². The molecule has 0 N–H and O–H groups in total. The smallest absolute Gasteiger partial charge is 0.226 e. The Hall–Kier alpha value is -4.72. The van der Waals surface area contributed by atoms with Gasteiger partial charge in [-0.2, -0.15) is 15.0 Å². The number of aryl methyl sites for hydroxylation is 1. The van der Waals surface area contributed by atoms with Crippen molar-refractivity contribution in [3.8, 4) is 22.9 Å². The van der Waals surface area contributed by atoms with E-state index in [2.05, 4.69) is 15.2 Å². The van der Waals surface area contributed by atoms with Crippen molar-refractivity contribution in [1.82, 2.24) is 20.0 Å². The number of rotatable bonds is 10. The predicted molar refractivity (Wildman–Crippen MR) is 135 cm³/mol. The van der Waals surface area contributed by atoms with E-state index in [1.807, 2.05) is 91.9 Å². The zero-order valence-electron chi connectivity index (χ0n) is 20.3. The molecule has 37 heavy (non-hydrogen) atoms. The van der Waals surface area contributed by atoms with Crippen molar-refractivity contribution in [2.24, 2.45) is 0 Å². The summed E-state index contributed by atoms with van der Waals surface area (Å²) in [6.07, 6.45) is 0.712. The highest BCUT2D eigenvalue weighted by Crippen LogP contribution is 2.23. The minimum absolute atomic E-state index is 0.305. The molecule has 0 fully saturated rings. The van der Waals surface area contributed by atoms with E-state index in [0.717, 1.165) is 28.3 Å². The standard InChI is InChI=1S/C29H26N4O4/c1-20-25(30-29(37-20)22-10-4-2-5-11-22)15-16-36-24-14-8-9-21(17-24)18-26-27(19-28(34)35)32-33(31-26)23-12-6-3-7-13-23/h2-14,17H,15-16,18-19H2,1H3,(H,34,35)/p-1. The molecule has 186 valence electrons. The Bertz CT molecular complexity index is 1490. The van der Waals surface area contributed by atoms with Crippen LogP contribution in [0.4, 0.5) is 0 Å². The van der Waals surface area contributed by atoms with Gasteiger partial charge in [0.1, 0.15) is 11.5 Å². The number of hydrogen-bond acceptors (Lipinski definition) is 7. The first-order chi connectivity index (χ1) is 18.0. The molecule has 3 aromatic carbocycles. The summed E-state index contributed by atoms with van der Waals surface area (Å²) in [7, 11) is 0. The Kier molecular flexibility index (Phi) is 7.07. The van der Waals surface area contributed by atoms with Gasteiger partial charge in [0.05, 0.1) is 29.4 Å². The quantitative estimate of drug-likeness (QED) is 0.292. The lowest BCUT2D eigenvalue weighted by molar-refractivity contribution is -0.304. The number of carbonyl (C=O) groups is 1. The third-order valence-electron chi connectivity index (χ3n) is 5.85. The average molecular weight is 494 g/mol. The molecule has 5 rings (SSSR count). The van der Waals surface area contributed by atoms with Crippen LogP contribution >= 0.6 is 0 Å². The Morgan fingerprint density at radius 1 is 0.919 bits per heavy atom. The number of para-hydroxylation sites is 1. The molecule has 0 amide bonds. The molecule has 0 saturated heterocycles. The Morgan fingerprint density at radius 2 is 1.65 bits per heavy atom. The maximum atomic E-state index is 11.3. The molecule has 0 radical (unpaired) electrons. The number of ether oxygens (including phenoxy) is 1. The lowest BCUT2D eigenvalue weighted by atomic mass is 10.1. The largest absolute Gasteiger partial charge is 0.550 e. The van der Waals surface area contributed by atoms with Crippen LogP contribution in [0.1, 0.15) is 28.4 Å². The third-order valence-corrected chi connectivity index (χ3v) is 5.85. The number of oxazole rings is 1. The lowest BCUT2D eigenvalue weighted by Gasteiger charge is -2.08. The summed E-state index contributed by atoms with van der Waals surface area (Å²) in [4.78, 5) is 17.4. The molecular formula is C29H25N4O4-. The van der Waals surface area contributed by atoms with E-state index in [0.29, 0.717) is 42.5 Å². The maximum Gasteiger partial charge on any atom is 0.226 e. The van der Waals surface area contributed by atoms with Gasteiger partial charge in [0.15, 0.2) is 0 Å². The normalized spacial score (nSPS) is 10.9. The number of aromatic nitrogens is 4. The highest BCUT2D eigenvalue weighted by atomic mass is 16.5. The Balaban J connectivity index is 1.26. The van der Waals surface area contributed by atoms with Gasteiger partial charge in [-0.3, -0.25) is 0 Å². The summed E-state index contributed by atoms with van der Waals surface area (Å²) in [5, 5.41) is 20.2.